The predicted octanol–water partition coefficient (Wildman–Crippen LogP) is 4.68. The van der Waals surface area contributed by atoms with Crippen LogP contribution in [0.3, 0.4) is 0 Å². The lowest BCUT2D eigenvalue weighted by Crippen LogP contribution is -2.27. The number of hydrogen-bond acceptors (Lipinski definition) is 6. The Labute approximate surface area is 215 Å². The number of ether oxygens (including phenoxy) is 2. The van der Waals surface area contributed by atoms with Gasteiger partial charge in [0.2, 0.25) is 23.1 Å². The maximum atomic E-state index is 13.5. The molecule has 0 saturated heterocycles. The predicted molar refractivity (Wildman–Crippen MR) is 141 cm³/mol. The molecule has 0 atom stereocenters. The third kappa shape index (κ3) is 4.80. The quantitative estimate of drug-likeness (QED) is 0.455. The first-order valence-corrected chi connectivity index (χ1v) is 11.9. The molecule has 1 aliphatic carbocycles. The summed E-state index contributed by atoms with van der Waals surface area (Å²) in [5.41, 5.74) is 4.89. The Morgan fingerprint density at radius 1 is 0.892 bits per heavy atom. The van der Waals surface area contributed by atoms with Gasteiger partial charge in [-0.05, 0) is 42.7 Å². The zero-order valence-electron chi connectivity index (χ0n) is 21.3. The summed E-state index contributed by atoms with van der Waals surface area (Å²) in [5, 5.41) is 2.88. The van der Waals surface area contributed by atoms with Crippen molar-refractivity contribution in [2.24, 2.45) is 0 Å². The molecule has 1 aromatic heterocycles. The van der Waals surface area contributed by atoms with Crippen LogP contribution in [-0.2, 0) is 25.5 Å². The van der Waals surface area contributed by atoms with E-state index < -0.39 is 11.6 Å². The molecule has 1 heterocycles. The van der Waals surface area contributed by atoms with Crippen molar-refractivity contribution >= 4 is 17.5 Å². The van der Waals surface area contributed by atoms with E-state index in [1.807, 2.05) is 49.4 Å². The van der Waals surface area contributed by atoms with Gasteiger partial charge in [-0.1, -0.05) is 42.5 Å². The zero-order valence-corrected chi connectivity index (χ0v) is 21.3. The number of allylic oxidation sites excluding steroid dienone is 2. The third-order valence-corrected chi connectivity index (χ3v) is 6.38. The standard InChI is InChI=1S/C30H28N2O5/c1-5-32-30(35)22-14-13-21(19-10-7-6-8-11-19)24(25(22)20-12-9-15-31-17-20)16-23-18(2)26(33)28(36-3)29(37-4)27(23)34/h6-15,17H,5,16H2,1-4H3,(H,32,35). The van der Waals surface area contributed by atoms with Gasteiger partial charge in [-0.15, -0.1) is 0 Å². The van der Waals surface area contributed by atoms with Crippen LogP contribution in [0.4, 0.5) is 0 Å². The van der Waals surface area contributed by atoms with E-state index in [2.05, 4.69) is 10.3 Å². The van der Waals surface area contributed by atoms with Gasteiger partial charge in [0.05, 0.1) is 14.2 Å². The van der Waals surface area contributed by atoms with Gasteiger partial charge in [0.1, 0.15) is 0 Å². The van der Waals surface area contributed by atoms with Crippen LogP contribution in [0.1, 0.15) is 29.8 Å². The summed E-state index contributed by atoms with van der Waals surface area (Å²) in [6.07, 6.45) is 3.45. The minimum atomic E-state index is -0.420. The summed E-state index contributed by atoms with van der Waals surface area (Å²) in [5.74, 6) is -1.30. The lowest BCUT2D eigenvalue weighted by Gasteiger charge is -2.24. The van der Waals surface area contributed by atoms with Crippen molar-refractivity contribution in [1.82, 2.24) is 10.3 Å². The fourth-order valence-electron chi connectivity index (χ4n) is 4.59. The van der Waals surface area contributed by atoms with Gasteiger partial charge in [-0.2, -0.15) is 0 Å². The molecular weight excluding hydrogens is 468 g/mol. The number of carbonyl (C=O) groups is 3. The summed E-state index contributed by atoms with van der Waals surface area (Å²) in [6, 6.07) is 17.1. The molecule has 4 rings (SSSR count). The van der Waals surface area contributed by atoms with Gasteiger partial charge >= 0.3 is 0 Å². The van der Waals surface area contributed by atoms with Gasteiger partial charge in [0.25, 0.3) is 5.91 Å². The molecule has 188 valence electrons. The van der Waals surface area contributed by atoms with Gasteiger partial charge in [0, 0.05) is 53.2 Å². The van der Waals surface area contributed by atoms with E-state index in [0.29, 0.717) is 17.7 Å². The lowest BCUT2D eigenvalue weighted by molar-refractivity contribution is -0.121. The molecule has 1 aliphatic rings. The summed E-state index contributed by atoms with van der Waals surface area (Å²) < 4.78 is 10.5. The van der Waals surface area contributed by atoms with E-state index in [4.69, 9.17) is 9.47 Å². The summed E-state index contributed by atoms with van der Waals surface area (Å²) in [4.78, 5) is 44.1. The number of carbonyl (C=O) groups excluding carboxylic acids is 3. The average molecular weight is 497 g/mol. The zero-order chi connectivity index (χ0) is 26.5. The number of methoxy groups -OCH3 is 2. The van der Waals surface area contributed by atoms with Crippen molar-refractivity contribution in [3.63, 3.8) is 0 Å². The second-order valence-electron chi connectivity index (χ2n) is 8.49. The Balaban J connectivity index is 2.02. The molecule has 1 N–H and O–H groups in total. The van der Waals surface area contributed by atoms with Crippen LogP contribution in [0.15, 0.2) is 89.7 Å². The van der Waals surface area contributed by atoms with Crippen LogP contribution < -0.4 is 5.32 Å². The smallest absolute Gasteiger partial charge is 0.251 e. The molecule has 1 amide bonds. The second-order valence-corrected chi connectivity index (χ2v) is 8.49. The largest absolute Gasteiger partial charge is 0.489 e. The van der Waals surface area contributed by atoms with E-state index >= 15 is 0 Å². The van der Waals surface area contributed by atoms with Crippen molar-refractivity contribution < 1.29 is 23.9 Å². The number of amides is 1. The molecule has 0 unspecified atom stereocenters. The molecule has 0 aliphatic heterocycles. The van der Waals surface area contributed by atoms with E-state index in [0.717, 1.165) is 22.3 Å². The number of nitrogens with one attached hydrogen (secondary N) is 1. The second kappa shape index (κ2) is 11.0. The minimum Gasteiger partial charge on any atom is -0.489 e. The van der Waals surface area contributed by atoms with Crippen LogP contribution in [0.5, 0.6) is 0 Å². The number of ketones is 2. The first-order chi connectivity index (χ1) is 17.9. The molecule has 0 bridgehead atoms. The molecule has 7 heteroatoms. The highest BCUT2D eigenvalue weighted by Gasteiger charge is 2.35. The Morgan fingerprint density at radius 3 is 2.19 bits per heavy atom. The molecule has 0 spiro atoms. The average Bonchev–Trinajstić information content (AvgIpc) is 2.93. The molecule has 7 nitrogen and oxygen atoms in total. The van der Waals surface area contributed by atoms with E-state index in [9.17, 15) is 14.4 Å². The Kier molecular flexibility index (Phi) is 7.63. The first kappa shape index (κ1) is 25.6. The van der Waals surface area contributed by atoms with Gasteiger partial charge in [-0.3, -0.25) is 19.4 Å². The molecule has 0 saturated carbocycles. The molecule has 2 aromatic carbocycles. The topological polar surface area (TPSA) is 94.6 Å². The molecular formula is C30H28N2O5. The first-order valence-electron chi connectivity index (χ1n) is 11.9. The Bertz CT molecular complexity index is 1420. The Morgan fingerprint density at radius 2 is 1.57 bits per heavy atom. The number of hydrogen-bond donors (Lipinski definition) is 1. The lowest BCUT2D eigenvalue weighted by atomic mass is 9.81. The number of pyridine rings is 1. The van der Waals surface area contributed by atoms with Crippen molar-refractivity contribution in [2.75, 3.05) is 20.8 Å². The maximum absolute atomic E-state index is 13.5. The van der Waals surface area contributed by atoms with Crippen LogP contribution >= 0.6 is 0 Å². The summed E-state index contributed by atoms with van der Waals surface area (Å²) in [6.45, 7) is 3.92. The van der Waals surface area contributed by atoms with Crippen molar-refractivity contribution in [2.45, 2.75) is 20.3 Å². The number of Topliss-reactive ketones (excluding diaryl/α,β-unsaturated/α-hetero) is 2. The van der Waals surface area contributed by atoms with Crippen molar-refractivity contribution in [3.05, 3.63) is 101 Å². The van der Waals surface area contributed by atoms with E-state index in [-0.39, 0.29) is 35.0 Å². The fraction of sp³-hybridized carbons (Fsp3) is 0.200. The molecule has 37 heavy (non-hydrogen) atoms. The van der Waals surface area contributed by atoms with Gasteiger partial charge < -0.3 is 14.8 Å². The third-order valence-electron chi connectivity index (χ3n) is 6.38. The Hall–Kier alpha value is -4.52. The number of rotatable bonds is 8. The monoisotopic (exact) mass is 496 g/mol. The highest BCUT2D eigenvalue weighted by atomic mass is 16.5. The fourth-order valence-corrected chi connectivity index (χ4v) is 4.59. The highest BCUT2D eigenvalue weighted by Crippen LogP contribution is 2.39. The van der Waals surface area contributed by atoms with Crippen molar-refractivity contribution in [3.8, 4) is 22.3 Å². The van der Waals surface area contributed by atoms with E-state index in [1.165, 1.54) is 14.2 Å². The van der Waals surface area contributed by atoms with Crippen LogP contribution in [0.2, 0.25) is 0 Å². The van der Waals surface area contributed by atoms with Crippen LogP contribution in [0, 0.1) is 0 Å². The summed E-state index contributed by atoms with van der Waals surface area (Å²) >= 11 is 0. The number of nitrogens with zero attached hydrogens (tertiary/aromatic N) is 1. The van der Waals surface area contributed by atoms with Gasteiger partial charge in [0.15, 0.2) is 0 Å². The molecule has 3 aromatic rings. The van der Waals surface area contributed by atoms with Gasteiger partial charge in [-0.25, -0.2) is 0 Å². The van der Waals surface area contributed by atoms with E-state index in [1.54, 1.807) is 31.5 Å². The molecule has 0 radical (unpaired) electrons. The number of aromatic nitrogens is 1. The maximum Gasteiger partial charge on any atom is 0.251 e. The summed E-state index contributed by atoms with van der Waals surface area (Å²) in [7, 11) is 2.67. The minimum absolute atomic E-state index is 0.0992. The SMILES string of the molecule is CCNC(=O)c1ccc(-c2ccccc2)c(CC2=C(C)C(=O)C(OC)=C(OC)C2=O)c1-c1cccnc1. The molecule has 0 fully saturated rings. The van der Waals surface area contributed by atoms with Crippen LogP contribution in [-0.4, -0.2) is 43.2 Å². The van der Waals surface area contributed by atoms with Crippen molar-refractivity contribution in [1.29, 1.82) is 0 Å². The van der Waals surface area contributed by atoms with Crippen LogP contribution in [0.25, 0.3) is 22.3 Å². The number of benzene rings is 2. The normalized spacial score (nSPS) is 13.6. The highest BCUT2D eigenvalue weighted by molar-refractivity contribution is 6.23.